The molecule has 0 bridgehead atoms. The summed E-state index contributed by atoms with van der Waals surface area (Å²) in [7, 11) is 1.72. The lowest BCUT2D eigenvalue weighted by molar-refractivity contribution is 0.0951. The molecule has 0 saturated carbocycles. The molecule has 0 unspecified atom stereocenters. The standard InChI is InChI=1S/C27H27N5O3/c1-19-7-6-10-23(17-19)29-27(34)32(2)16-15-24-30-26(35-31-24)22-13-11-21(12-14-22)25(33)28-18-20-8-4-3-5-9-20/h3-14,17H,15-16,18H2,1-2H3,(H,28,33)(H,29,34). The van der Waals surface area contributed by atoms with Gasteiger partial charge in [-0.2, -0.15) is 4.98 Å². The molecule has 0 saturated heterocycles. The number of aryl methyl sites for hydroxylation is 1. The fraction of sp³-hybridized carbons (Fsp3) is 0.185. The zero-order chi connectivity index (χ0) is 24.6. The van der Waals surface area contributed by atoms with Gasteiger partial charge < -0.3 is 20.1 Å². The molecule has 3 amide bonds. The third-order valence-electron chi connectivity index (χ3n) is 5.44. The predicted molar refractivity (Wildman–Crippen MR) is 134 cm³/mol. The van der Waals surface area contributed by atoms with E-state index in [9.17, 15) is 9.59 Å². The van der Waals surface area contributed by atoms with E-state index in [0.717, 1.165) is 16.8 Å². The van der Waals surface area contributed by atoms with E-state index in [4.69, 9.17) is 4.52 Å². The van der Waals surface area contributed by atoms with Crippen LogP contribution in [0.1, 0.15) is 27.3 Å². The summed E-state index contributed by atoms with van der Waals surface area (Å²) in [5, 5.41) is 9.79. The van der Waals surface area contributed by atoms with E-state index in [-0.39, 0.29) is 11.9 Å². The second-order valence-corrected chi connectivity index (χ2v) is 8.23. The molecule has 1 heterocycles. The second kappa shape index (κ2) is 11.1. The predicted octanol–water partition coefficient (Wildman–Crippen LogP) is 4.68. The fourth-order valence-electron chi connectivity index (χ4n) is 3.43. The van der Waals surface area contributed by atoms with E-state index >= 15 is 0 Å². The lowest BCUT2D eigenvalue weighted by Crippen LogP contribution is -2.33. The molecule has 0 radical (unpaired) electrons. The third-order valence-corrected chi connectivity index (χ3v) is 5.44. The Labute approximate surface area is 204 Å². The molecule has 178 valence electrons. The first kappa shape index (κ1) is 23.7. The summed E-state index contributed by atoms with van der Waals surface area (Å²) in [6.07, 6.45) is 0.446. The molecule has 3 aromatic carbocycles. The van der Waals surface area contributed by atoms with Crippen LogP contribution in [0.2, 0.25) is 0 Å². The number of anilines is 1. The average molecular weight is 470 g/mol. The van der Waals surface area contributed by atoms with E-state index in [1.54, 1.807) is 36.2 Å². The lowest BCUT2D eigenvalue weighted by Gasteiger charge is -2.17. The van der Waals surface area contributed by atoms with Crippen molar-refractivity contribution < 1.29 is 14.1 Å². The van der Waals surface area contributed by atoms with E-state index in [0.29, 0.717) is 42.4 Å². The monoisotopic (exact) mass is 469 g/mol. The van der Waals surface area contributed by atoms with Gasteiger partial charge in [-0.3, -0.25) is 4.79 Å². The molecule has 0 atom stereocenters. The van der Waals surface area contributed by atoms with Gasteiger partial charge in [0.15, 0.2) is 5.82 Å². The van der Waals surface area contributed by atoms with Crippen LogP contribution in [0.15, 0.2) is 83.4 Å². The molecule has 8 heteroatoms. The van der Waals surface area contributed by atoms with Crippen molar-refractivity contribution in [3.05, 3.63) is 101 Å². The number of aromatic nitrogens is 2. The first-order chi connectivity index (χ1) is 17.0. The molecule has 2 N–H and O–H groups in total. The minimum atomic E-state index is -0.208. The molecule has 35 heavy (non-hydrogen) atoms. The van der Waals surface area contributed by atoms with Crippen molar-refractivity contribution in [1.29, 1.82) is 0 Å². The molecule has 0 fully saturated rings. The Morgan fingerprint density at radius 3 is 2.49 bits per heavy atom. The van der Waals surface area contributed by atoms with Crippen molar-refractivity contribution in [2.45, 2.75) is 19.9 Å². The van der Waals surface area contributed by atoms with Gasteiger partial charge in [0, 0.05) is 43.4 Å². The second-order valence-electron chi connectivity index (χ2n) is 8.23. The number of benzene rings is 3. The Balaban J connectivity index is 1.28. The Hall–Kier alpha value is -4.46. The van der Waals surface area contributed by atoms with Crippen molar-refractivity contribution in [1.82, 2.24) is 20.4 Å². The van der Waals surface area contributed by atoms with Crippen LogP contribution >= 0.6 is 0 Å². The maximum Gasteiger partial charge on any atom is 0.321 e. The number of carbonyl (C=O) groups is 2. The van der Waals surface area contributed by atoms with Crippen LogP contribution in [0.25, 0.3) is 11.5 Å². The molecule has 4 aromatic rings. The smallest absolute Gasteiger partial charge is 0.321 e. The molecule has 0 aliphatic heterocycles. The topological polar surface area (TPSA) is 100 Å². The van der Waals surface area contributed by atoms with Gasteiger partial charge in [0.05, 0.1) is 0 Å². The molecule has 4 rings (SSSR count). The van der Waals surface area contributed by atoms with Crippen LogP contribution in [-0.2, 0) is 13.0 Å². The van der Waals surface area contributed by atoms with Crippen LogP contribution in [0, 0.1) is 6.92 Å². The van der Waals surface area contributed by atoms with Gasteiger partial charge in [-0.1, -0.05) is 47.6 Å². The number of nitrogens with zero attached hydrogens (tertiary/aromatic N) is 3. The summed E-state index contributed by atoms with van der Waals surface area (Å²) >= 11 is 0. The maximum absolute atomic E-state index is 12.4. The van der Waals surface area contributed by atoms with Crippen LogP contribution in [0.4, 0.5) is 10.5 Å². The summed E-state index contributed by atoms with van der Waals surface area (Å²) < 4.78 is 5.38. The number of hydrogen-bond donors (Lipinski definition) is 2. The number of hydrogen-bond acceptors (Lipinski definition) is 5. The highest BCUT2D eigenvalue weighted by Crippen LogP contribution is 2.18. The summed E-state index contributed by atoms with van der Waals surface area (Å²) in [4.78, 5) is 30.8. The van der Waals surface area contributed by atoms with Crippen molar-refractivity contribution in [2.75, 3.05) is 18.9 Å². The maximum atomic E-state index is 12.4. The van der Waals surface area contributed by atoms with Crippen LogP contribution < -0.4 is 10.6 Å². The zero-order valence-electron chi connectivity index (χ0n) is 19.7. The fourth-order valence-corrected chi connectivity index (χ4v) is 3.43. The highest BCUT2D eigenvalue weighted by Gasteiger charge is 2.14. The first-order valence-corrected chi connectivity index (χ1v) is 11.3. The Kier molecular flexibility index (Phi) is 7.52. The Morgan fingerprint density at radius 1 is 0.971 bits per heavy atom. The van der Waals surface area contributed by atoms with E-state index in [1.165, 1.54) is 0 Å². The van der Waals surface area contributed by atoms with Crippen LogP contribution in [0.5, 0.6) is 0 Å². The van der Waals surface area contributed by atoms with Crippen LogP contribution in [0.3, 0.4) is 0 Å². The number of carbonyl (C=O) groups excluding carboxylic acids is 2. The van der Waals surface area contributed by atoms with Crippen LogP contribution in [-0.4, -0.2) is 40.6 Å². The number of nitrogens with one attached hydrogen (secondary N) is 2. The first-order valence-electron chi connectivity index (χ1n) is 11.3. The van der Waals surface area contributed by atoms with E-state index < -0.39 is 0 Å². The van der Waals surface area contributed by atoms with E-state index in [2.05, 4.69) is 20.8 Å². The summed E-state index contributed by atoms with van der Waals surface area (Å²) in [6.45, 7) is 2.87. The van der Waals surface area contributed by atoms with Crippen molar-refractivity contribution >= 4 is 17.6 Å². The molecule has 1 aromatic heterocycles. The highest BCUT2D eigenvalue weighted by molar-refractivity contribution is 5.94. The third kappa shape index (κ3) is 6.54. The quantitative estimate of drug-likeness (QED) is 0.390. The SMILES string of the molecule is Cc1cccc(NC(=O)N(C)CCc2noc(-c3ccc(C(=O)NCc4ccccc4)cc3)n2)c1. The molecule has 0 aliphatic rings. The largest absolute Gasteiger partial charge is 0.348 e. The van der Waals surface area contributed by atoms with Gasteiger partial charge in [0.1, 0.15) is 0 Å². The molecular weight excluding hydrogens is 442 g/mol. The molecule has 0 aliphatic carbocycles. The van der Waals surface area contributed by atoms with Gasteiger partial charge in [-0.15, -0.1) is 0 Å². The Morgan fingerprint density at radius 2 is 1.74 bits per heavy atom. The minimum Gasteiger partial charge on any atom is -0.348 e. The average Bonchev–Trinajstić information content (AvgIpc) is 3.35. The number of rotatable bonds is 8. The number of amides is 3. The van der Waals surface area contributed by atoms with Gasteiger partial charge >= 0.3 is 6.03 Å². The van der Waals surface area contributed by atoms with Crippen molar-refractivity contribution in [3.8, 4) is 11.5 Å². The van der Waals surface area contributed by atoms with Gasteiger partial charge in [0.2, 0.25) is 0 Å². The molecular formula is C27H27N5O3. The molecule has 8 nitrogen and oxygen atoms in total. The van der Waals surface area contributed by atoms with Gasteiger partial charge in [-0.05, 0) is 54.4 Å². The van der Waals surface area contributed by atoms with Gasteiger partial charge in [0.25, 0.3) is 11.8 Å². The summed E-state index contributed by atoms with van der Waals surface area (Å²) in [6, 6.07) is 24.2. The number of urea groups is 1. The summed E-state index contributed by atoms with van der Waals surface area (Å²) in [5.74, 6) is 0.710. The van der Waals surface area contributed by atoms with Crippen molar-refractivity contribution in [3.63, 3.8) is 0 Å². The molecule has 0 spiro atoms. The van der Waals surface area contributed by atoms with E-state index in [1.807, 2.05) is 61.5 Å². The van der Waals surface area contributed by atoms with Gasteiger partial charge in [-0.25, -0.2) is 4.79 Å². The minimum absolute atomic E-state index is 0.154. The Bertz CT molecular complexity index is 1290. The number of likely N-dealkylation sites (N-methyl/N-ethyl adjacent to an activating group) is 1. The zero-order valence-corrected chi connectivity index (χ0v) is 19.7. The normalized spacial score (nSPS) is 10.6. The summed E-state index contributed by atoms with van der Waals surface area (Å²) in [5.41, 5.74) is 4.13. The van der Waals surface area contributed by atoms with Crippen molar-refractivity contribution in [2.24, 2.45) is 0 Å². The lowest BCUT2D eigenvalue weighted by atomic mass is 10.1. The highest BCUT2D eigenvalue weighted by atomic mass is 16.5.